The zero-order valence-corrected chi connectivity index (χ0v) is 11.4. The molecule has 0 aliphatic carbocycles. The van der Waals surface area contributed by atoms with E-state index in [-0.39, 0.29) is 11.6 Å². The third-order valence-corrected chi connectivity index (χ3v) is 2.95. The van der Waals surface area contributed by atoms with Gasteiger partial charge >= 0.3 is 0 Å². The average Bonchev–Trinajstić information content (AvgIpc) is 2.28. The number of ether oxygens (including phenoxy) is 1. The van der Waals surface area contributed by atoms with Crippen molar-refractivity contribution in [1.29, 1.82) is 0 Å². The van der Waals surface area contributed by atoms with Crippen LogP contribution in [0.1, 0.15) is 0 Å². The maximum absolute atomic E-state index is 13.4. The lowest BCUT2D eigenvalue weighted by atomic mass is 10.3. The molecule has 0 unspecified atom stereocenters. The van der Waals surface area contributed by atoms with Crippen molar-refractivity contribution in [2.75, 3.05) is 0 Å². The van der Waals surface area contributed by atoms with Crippen LogP contribution in [0.15, 0.2) is 39.4 Å². The Hall–Kier alpha value is -1.01. The zero-order chi connectivity index (χ0) is 12.4. The SMILES string of the molecule is Fc1cc(Br)cc(Oc2ncccc2Br)c1F. The van der Waals surface area contributed by atoms with Gasteiger partial charge in [-0.1, -0.05) is 15.9 Å². The molecule has 17 heavy (non-hydrogen) atoms. The van der Waals surface area contributed by atoms with E-state index in [4.69, 9.17) is 4.74 Å². The molecule has 0 radical (unpaired) electrons. The summed E-state index contributed by atoms with van der Waals surface area (Å²) in [5, 5.41) is 0. The van der Waals surface area contributed by atoms with Crippen LogP contribution in [0.3, 0.4) is 0 Å². The number of halogens is 4. The van der Waals surface area contributed by atoms with Gasteiger partial charge in [0.15, 0.2) is 11.6 Å². The lowest BCUT2D eigenvalue weighted by Crippen LogP contribution is -1.94. The molecule has 0 spiro atoms. The summed E-state index contributed by atoms with van der Waals surface area (Å²) in [5.41, 5.74) is 0. The Morgan fingerprint density at radius 2 is 1.94 bits per heavy atom. The number of hydrogen-bond acceptors (Lipinski definition) is 2. The normalized spacial score (nSPS) is 10.4. The predicted molar refractivity (Wildman–Crippen MR) is 66.1 cm³/mol. The van der Waals surface area contributed by atoms with Gasteiger partial charge in [-0.2, -0.15) is 4.39 Å². The van der Waals surface area contributed by atoms with Crippen LogP contribution < -0.4 is 4.74 Å². The molecular weight excluding hydrogens is 360 g/mol. The lowest BCUT2D eigenvalue weighted by molar-refractivity contribution is 0.403. The minimum Gasteiger partial charge on any atom is -0.435 e. The average molecular weight is 365 g/mol. The van der Waals surface area contributed by atoms with E-state index in [0.717, 1.165) is 6.07 Å². The summed E-state index contributed by atoms with van der Waals surface area (Å²) in [6.45, 7) is 0. The molecule has 6 heteroatoms. The Morgan fingerprint density at radius 1 is 1.18 bits per heavy atom. The monoisotopic (exact) mass is 363 g/mol. The van der Waals surface area contributed by atoms with Crippen LogP contribution in [0, 0.1) is 11.6 Å². The number of nitrogens with zero attached hydrogens (tertiary/aromatic N) is 1. The molecule has 0 amide bonds. The van der Waals surface area contributed by atoms with Crippen molar-refractivity contribution in [2.24, 2.45) is 0 Å². The minimum absolute atomic E-state index is 0.170. The van der Waals surface area contributed by atoms with Crippen molar-refractivity contribution in [3.63, 3.8) is 0 Å². The molecule has 2 aromatic rings. The smallest absolute Gasteiger partial charge is 0.233 e. The van der Waals surface area contributed by atoms with E-state index in [1.54, 1.807) is 12.1 Å². The van der Waals surface area contributed by atoms with Gasteiger partial charge in [-0.15, -0.1) is 0 Å². The molecule has 1 aromatic carbocycles. The van der Waals surface area contributed by atoms with Crippen LogP contribution >= 0.6 is 31.9 Å². The van der Waals surface area contributed by atoms with Crippen LogP contribution in [0.2, 0.25) is 0 Å². The molecule has 0 fully saturated rings. The first-order valence-electron chi connectivity index (χ1n) is 4.51. The highest BCUT2D eigenvalue weighted by molar-refractivity contribution is 9.10. The highest BCUT2D eigenvalue weighted by Crippen LogP contribution is 2.31. The highest BCUT2D eigenvalue weighted by atomic mass is 79.9. The molecule has 88 valence electrons. The van der Waals surface area contributed by atoms with Gasteiger partial charge in [0.25, 0.3) is 0 Å². The second-order valence-electron chi connectivity index (χ2n) is 3.09. The van der Waals surface area contributed by atoms with Crippen LogP contribution in [0.4, 0.5) is 8.78 Å². The summed E-state index contributed by atoms with van der Waals surface area (Å²) in [5.74, 6) is -2.09. The number of rotatable bonds is 2. The fourth-order valence-corrected chi connectivity index (χ4v) is 1.90. The largest absolute Gasteiger partial charge is 0.435 e. The molecule has 1 heterocycles. The molecule has 0 atom stereocenters. The first-order valence-corrected chi connectivity index (χ1v) is 6.09. The maximum atomic E-state index is 13.4. The van der Waals surface area contributed by atoms with Crippen molar-refractivity contribution in [3.05, 3.63) is 51.0 Å². The van der Waals surface area contributed by atoms with Gasteiger partial charge in [0.1, 0.15) is 0 Å². The Labute approximate surface area is 113 Å². The van der Waals surface area contributed by atoms with Crippen LogP contribution in [-0.4, -0.2) is 4.98 Å². The summed E-state index contributed by atoms with van der Waals surface area (Å²) in [6, 6.07) is 5.73. The van der Waals surface area contributed by atoms with E-state index >= 15 is 0 Å². The summed E-state index contributed by atoms with van der Waals surface area (Å²) in [4.78, 5) is 3.90. The maximum Gasteiger partial charge on any atom is 0.233 e. The third-order valence-electron chi connectivity index (χ3n) is 1.89. The summed E-state index contributed by atoms with van der Waals surface area (Å²) >= 11 is 6.26. The Balaban J connectivity index is 2.40. The molecule has 2 rings (SSSR count). The molecular formula is C11H5Br2F2NO. The minimum atomic E-state index is -1.05. The van der Waals surface area contributed by atoms with Crippen molar-refractivity contribution in [2.45, 2.75) is 0 Å². The molecule has 0 aliphatic rings. The van der Waals surface area contributed by atoms with Gasteiger partial charge in [-0.05, 0) is 40.2 Å². The van der Waals surface area contributed by atoms with Gasteiger partial charge in [-0.3, -0.25) is 0 Å². The van der Waals surface area contributed by atoms with Gasteiger partial charge < -0.3 is 4.74 Å². The van der Waals surface area contributed by atoms with E-state index in [1.165, 1.54) is 12.3 Å². The van der Waals surface area contributed by atoms with Crippen molar-refractivity contribution >= 4 is 31.9 Å². The molecule has 0 N–H and O–H groups in total. The van der Waals surface area contributed by atoms with Crippen LogP contribution in [0.5, 0.6) is 11.6 Å². The Morgan fingerprint density at radius 3 is 2.65 bits per heavy atom. The first kappa shape index (κ1) is 12.4. The standard InChI is InChI=1S/C11H5Br2F2NO/c12-6-4-8(14)10(15)9(5-6)17-11-7(13)2-1-3-16-11/h1-5H. The van der Waals surface area contributed by atoms with Crippen LogP contribution in [-0.2, 0) is 0 Å². The van der Waals surface area contributed by atoms with E-state index in [1.807, 2.05) is 0 Å². The third kappa shape index (κ3) is 2.81. The number of pyridine rings is 1. The molecule has 0 aliphatic heterocycles. The summed E-state index contributed by atoms with van der Waals surface area (Å²) in [7, 11) is 0. The van der Waals surface area contributed by atoms with Crippen molar-refractivity contribution in [3.8, 4) is 11.6 Å². The zero-order valence-electron chi connectivity index (χ0n) is 8.25. The van der Waals surface area contributed by atoms with E-state index in [9.17, 15) is 8.78 Å². The highest BCUT2D eigenvalue weighted by Gasteiger charge is 2.13. The van der Waals surface area contributed by atoms with Gasteiger partial charge in [0, 0.05) is 10.7 Å². The molecule has 0 bridgehead atoms. The van der Waals surface area contributed by atoms with Gasteiger partial charge in [-0.25, -0.2) is 9.37 Å². The number of benzene rings is 1. The van der Waals surface area contributed by atoms with Gasteiger partial charge in [0.2, 0.25) is 11.7 Å². The predicted octanol–water partition coefficient (Wildman–Crippen LogP) is 4.68. The van der Waals surface area contributed by atoms with E-state index in [2.05, 4.69) is 36.8 Å². The first-order chi connectivity index (χ1) is 8.08. The fourth-order valence-electron chi connectivity index (χ4n) is 1.16. The fraction of sp³-hybridized carbons (Fsp3) is 0. The second kappa shape index (κ2) is 5.10. The molecule has 0 saturated carbocycles. The summed E-state index contributed by atoms with van der Waals surface area (Å²) in [6.07, 6.45) is 1.49. The second-order valence-corrected chi connectivity index (χ2v) is 4.86. The van der Waals surface area contributed by atoms with Crippen molar-refractivity contribution < 1.29 is 13.5 Å². The van der Waals surface area contributed by atoms with Gasteiger partial charge in [0.05, 0.1) is 4.47 Å². The molecule has 1 aromatic heterocycles. The summed E-state index contributed by atoms with van der Waals surface area (Å²) < 4.78 is 32.7. The lowest BCUT2D eigenvalue weighted by Gasteiger charge is -2.08. The van der Waals surface area contributed by atoms with Crippen LogP contribution in [0.25, 0.3) is 0 Å². The topological polar surface area (TPSA) is 22.1 Å². The Kier molecular flexibility index (Phi) is 3.73. The Bertz CT molecular complexity index is 563. The number of hydrogen-bond donors (Lipinski definition) is 0. The number of aromatic nitrogens is 1. The van der Waals surface area contributed by atoms with E-state index in [0.29, 0.717) is 8.95 Å². The van der Waals surface area contributed by atoms with E-state index < -0.39 is 11.6 Å². The quantitative estimate of drug-likeness (QED) is 0.722. The molecule has 0 saturated heterocycles. The van der Waals surface area contributed by atoms with Crippen molar-refractivity contribution in [1.82, 2.24) is 4.98 Å². The molecule has 2 nitrogen and oxygen atoms in total.